The van der Waals surface area contributed by atoms with E-state index < -0.39 is 15.9 Å². The van der Waals surface area contributed by atoms with Crippen LogP contribution in [0.3, 0.4) is 0 Å². The van der Waals surface area contributed by atoms with Crippen molar-refractivity contribution in [1.82, 2.24) is 24.4 Å². The van der Waals surface area contributed by atoms with Gasteiger partial charge in [-0.15, -0.1) is 5.10 Å². The van der Waals surface area contributed by atoms with Crippen LogP contribution in [0.15, 0.2) is 29.2 Å². The van der Waals surface area contributed by atoms with Crippen molar-refractivity contribution in [2.75, 3.05) is 20.3 Å². The number of sulfonamides is 1. The monoisotopic (exact) mass is 393 g/mol. The molecule has 1 saturated heterocycles. The minimum absolute atomic E-state index is 0.0269. The van der Waals surface area contributed by atoms with Crippen molar-refractivity contribution >= 4 is 15.9 Å². The van der Waals surface area contributed by atoms with Crippen molar-refractivity contribution < 1.29 is 22.7 Å². The first kappa shape index (κ1) is 17.7. The number of rotatable bonds is 3. The van der Waals surface area contributed by atoms with Gasteiger partial charge in [0, 0.05) is 19.6 Å². The van der Waals surface area contributed by atoms with E-state index in [0.29, 0.717) is 12.2 Å². The molecular formula is C16H19N5O5S. The van der Waals surface area contributed by atoms with Crippen molar-refractivity contribution in [3.63, 3.8) is 0 Å². The van der Waals surface area contributed by atoms with Gasteiger partial charge in [0.15, 0.2) is 0 Å². The van der Waals surface area contributed by atoms with Crippen molar-refractivity contribution in [3.8, 4) is 11.8 Å². The maximum atomic E-state index is 13.0. The zero-order valence-corrected chi connectivity index (χ0v) is 15.6. The summed E-state index contributed by atoms with van der Waals surface area (Å²) in [5, 5.41) is 6.80. The zero-order chi connectivity index (χ0) is 19.2. The number of fused-ring (bicyclic) bond motifs is 2. The minimum atomic E-state index is -3.69. The van der Waals surface area contributed by atoms with E-state index in [0.717, 1.165) is 0 Å². The number of amides is 1. The largest absolute Gasteiger partial charge is 0.490 e. The average Bonchev–Trinajstić information content (AvgIpc) is 3.21. The highest BCUT2D eigenvalue weighted by molar-refractivity contribution is 7.89. The summed E-state index contributed by atoms with van der Waals surface area (Å²) < 4.78 is 39.4. The van der Waals surface area contributed by atoms with Gasteiger partial charge in [0.05, 0.1) is 13.2 Å². The van der Waals surface area contributed by atoms with Crippen LogP contribution in [0.4, 0.5) is 0 Å². The Labute approximate surface area is 156 Å². The van der Waals surface area contributed by atoms with Crippen LogP contribution in [-0.2, 0) is 17.1 Å². The molecule has 2 aliphatic rings. The number of para-hydroxylation sites is 1. The number of nitrogens with one attached hydrogen (secondary N) is 1. The highest BCUT2D eigenvalue weighted by atomic mass is 32.2. The molecule has 2 aromatic rings. The quantitative estimate of drug-likeness (QED) is 0.766. The molecule has 0 bridgehead atoms. The molecule has 1 aromatic carbocycles. The first-order valence-corrected chi connectivity index (χ1v) is 9.83. The molecule has 144 valence electrons. The van der Waals surface area contributed by atoms with Gasteiger partial charge in [-0.1, -0.05) is 12.1 Å². The normalized spacial score (nSPS) is 23.6. The molecule has 10 nitrogen and oxygen atoms in total. The Bertz CT molecular complexity index is 989. The lowest BCUT2D eigenvalue weighted by molar-refractivity contribution is 0.0927. The van der Waals surface area contributed by atoms with Crippen molar-refractivity contribution in [2.45, 2.75) is 23.4 Å². The molecule has 0 spiro atoms. The standard InChI is InChI=1S/C16H19N5O5S/c1-20-16(25-2)18-14(19-20)15(22)17-10-7-11-9-26-12-5-3-4-6-13(12)27(23,24)21(11)8-10/h3-6,10-11H,7-9H2,1-2H3,(H,17,22)/t10-,11-/m0/s1. The minimum Gasteiger partial charge on any atom is -0.490 e. The van der Waals surface area contributed by atoms with E-state index in [1.54, 1.807) is 25.2 Å². The second-order valence-corrected chi connectivity index (χ2v) is 8.30. The Morgan fingerprint density at radius 1 is 1.37 bits per heavy atom. The van der Waals surface area contributed by atoms with Crippen LogP contribution in [0.2, 0.25) is 0 Å². The number of benzene rings is 1. The lowest BCUT2D eigenvalue weighted by Crippen LogP contribution is -2.39. The van der Waals surface area contributed by atoms with E-state index in [1.165, 1.54) is 22.2 Å². The number of aryl methyl sites for hydroxylation is 1. The summed E-state index contributed by atoms with van der Waals surface area (Å²) in [5.74, 6) is -0.145. The van der Waals surface area contributed by atoms with Crippen molar-refractivity contribution in [2.24, 2.45) is 7.05 Å². The van der Waals surface area contributed by atoms with Crippen LogP contribution in [0.5, 0.6) is 11.8 Å². The van der Waals surface area contributed by atoms with Gasteiger partial charge in [0.2, 0.25) is 15.8 Å². The molecule has 11 heteroatoms. The van der Waals surface area contributed by atoms with E-state index in [1.807, 2.05) is 0 Å². The van der Waals surface area contributed by atoms with E-state index in [9.17, 15) is 13.2 Å². The number of nitrogens with zero attached hydrogens (tertiary/aromatic N) is 4. The Balaban J connectivity index is 1.52. The van der Waals surface area contributed by atoms with Crippen LogP contribution >= 0.6 is 0 Å². The summed E-state index contributed by atoms with van der Waals surface area (Å²) in [5.41, 5.74) is 0. The van der Waals surface area contributed by atoms with Crippen LogP contribution in [-0.4, -0.2) is 65.7 Å². The molecule has 27 heavy (non-hydrogen) atoms. The summed E-state index contributed by atoms with van der Waals surface area (Å²) in [7, 11) is -0.643. The van der Waals surface area contributed by atoms with Gasteiger partial charge < -0.3 is 14.8 Å². The third-order valence-corrected chi connectivity index (χ3v) is 6.63. The molecule has 1 amide bonds. The summed E-state index contributed by atoms with van der Waals surface area (Å²) in [6.07, 6.45) is 0.447. The molecule has 4 rings (SSSR count). The van der Waals surface area contributed by atoms with Crippen LogP contribution < -0.4 is 14.8 Å². The molecule has 1 aromatic heterocycles. The number of carbonyl (C=O) groups excluding carboxylic acids is 1. The number of methoxy groups -OCH3 is 1. The smallest absolute Gasteiger partial charge is 0.314 e. The fraction of sp³-hybridized carbons (Fsp3) is 0.438. The fourth-order valence-corrected chi connectivity index (χ4v) is 5.23. The van der Waals surface area contributed by atoms with Crippen molar-refractivity contribution in [3.05, 3.63) is 30.1 Å². The lowest BCUT2D eigenvalue weighted by atomic mass is 10.2. The van der Waals surface area contributed by atoms with Gasteiger partial charge in [0.25, 0.3) is 5.91 Å². The number of aromatic nitrogens is 3. The summed E-state index contributed by atoms with van der Waals surface area (Å²) >= 11 is 0. The van der Waals surface area contributed by atoms with Crippen LogP contribution in [0, 0.1) is 0 Å². The summed E-state index contributed by atoms with van der Waals surface area (Å²) in [6.45, 7) is 0.401. The van der Waals surface area contributed by atoms with E-state index in [-0.39, 0.29) is 42.0 Å². The van der Waals surface area contributed by atoms with Gasteiger partial charge >= 0.3 is 6.01 Å². The Hall–Kier alpha value is -2.66. The fourth-order valence-electron chi connectivity index (χ4n) is 3.43. The van der Waals surface area contributed by atoms with Gasteiger partial charge in [0.1, 0.15) is 17.3 Å². The second-order valence-electron chi connectivity index (χ2n) is 6.44. The predicted octanol–water partition coefficient (Wildman–Crippen LogP) is -0.222. The van der Waals surface area contributed by atoms with Crippen LogP contribution in [0.1, 0.15) is 17.0 Å². The second kappa shape index (κ2) is 6.50. The maximum absolute atomic E-state index is 13.0. The Morgan fingerprint density at radius 2 is 2.15 bits per heavy atom. The molecule has 0 unspecified atom stereocenters. The van der Waals surface area contributed by atoms with Crippen LogP contribution in [0.25, 0.3) is 0 Å². The summed E-state index contributed by atoms with van der Waals surface area (Å²) in [6, 6.07) is 6.09. The third-order valence-electron chi connectivity index (χ3n) is 4.68. The highest BCUT2D eigenvalue weighted by Gasteiger charge is 2.44. The Kier molecular flexibility index (Phi) is 4.27. The van der Waals surface area contributed by atoms with E-state index in [2.05, 4.69) is 15.4 Å². The number of hydrogen-bond donors (Lipinski definition) is 1. The molecule has 3 heterocycles. The zero-order valence-electron chi connectivity index (χ0n) is 14.8. The molecule has 2 atom stereocenters. The molecule has 0 saturated carbocycles. The van der Waals surface area contributed by atoms with Crippen molar-refractivity contribution in [1.29, 1.82) is 0 Å². The molecule has 2 aliphatic heterocycles. The molecule has 0 radical (unpaired) electrons. The lowest BCUT2D eigenvalue weighted by Gasteiger charge is -2.19. The number of ether oxygens (including phenoxy) is 2. The molecule has 1 N–H and O–H groups in total. The predicted molar refractivity (Wildman–Crippen MR) is 93.0 cm³/mol. The number of carbonyl (C=O) groups is 1. The molecule has 0 aliphatic carbocycles. The average molecular weight is 393 g/mol. The molecular weight excluding hydrogens is 374 g/mol. The SMILES string of the molecule is COc1nc(C(=O)N[C@H]2C[C@H]3COc4ccccc4S(=O)(=O)N3C2)nn1C. The topological polar surface area (TPSA) is 116 Å². The Morgan fingerprint density at radius 3 is 2.89 bits per heavy atom. The highest BCUT2D eigenvalue weighted by Crippen LogP contribution is 2.35. The maximum Gasteiger partial charge on any atom is 0.314 e. The number of hydrogen-bond acceptors (Lipinski definition) is 7. The first-order valence-electron chi connectivity index (χ1n) is 8.39. The third kappa shape index (κ3) is 3.02. The van der Waals surface area contributed by atoms with Gasteiger partial charge in [-0.2, -0.15) is 9.29 Å². The van der Waals surface area contributed by atoms with Gasteiger partial charge in [-0.25, -0.2) is 13.1 Å². The molecule has 1 fully saturated rings. The van der Waals surface area contributed by atoms with E-state index >= 15 is 0 Å². The van der Waals surface area contributed by atoms with Gasteiger partial charge in [-0.05, 0) is 18.6 Å². The summed E-state index contributed by atoms with van der Waals surface area (Å²) in [4.78, 5) is 16.6. The van der Waals surface area contributed by atoms with Gasteiger partial charge in [-0.3, -0.25) is 4.79 Å². The van der Waals surface area contributed by atoms with E-state index in [4.69, 9.17) is 9.47 Å². The first-order chi connectivity index (χ1) is 12.9.